The molecule has 106 valence electrons. The number of nitriles is 1. The molecule has 2 N–H and O–H groups in total. The van der Waals surface area contributed by atoms with Crippen LogP contribution in [0.4, 0.5) is 15.8 Å². The van der Waals surface area contributed by atoms with Crippen molar-refractivity contribution in [2.45, 2.75) is 13.5 Å². The van der Waals surface area contributed by atoms with E-state index in [0.29, 0.717) is 12.2 Å². The molecule has 0 aromatic heterocycles. The number of carbonyl (C=O) groups excluding carboxylic acids is 1. The van der Waals surface area contributed by atoms with Gasteiger partial charge in [0.1, 0.15) is 11.9 Å². The van der Waals surface area contributed by atoms with E-state index in [1.807, 2.05) is 24.3 Å². The van der Waals surface area contributed by atoms with E-state index < -0.39 is 5.82 Å². The topological polar surface area (TPSA) is 64.9 Å². The molecule has 0 atom stereocenters. The summed E-state index contributed by atoms with van der Waals surface area (Å²) in [4.78, 5) is 10.9. The number of hydrogen-bond acceptors (Lipinski definition) is 3. The summed E-state index contributed by atoms with van der Waals surface area (Å²) in [5.41, 5.74) is 2.44. The van der Waals surface area contributed by atoms with Gasteiger partial charge in [0.05, 0.1) is 5.56 Å². The first-order valence-electron chi connectivity index (χ1n) is 6.38. The van der Waals surface area contributed by atoms with E-state index in [1.165, 1.54) is 19.1 Å². The van der Waals surface area contributed by atoms with Gasteiger partial charge in [0.15, 0.2) is 0 Å². The van der Waals surface area contributed by atoms with Crippen molar-refractivity contribution in [2.24, 2.45) is 0 Å². The summed E-state index contributed by atoms with van der Waals surface area (Å²) in [6.45, 7) is 1.99. The zero-order valence-electron chi connectivity index (χ0n) is 11.5. The molecule has 0 heterocycles. The molecule has 0 bridgehead atoms. The molecule has 0 saturated heterocycles. The average Bonchev–Trinajstić information content (AvgIpc) is 2.47. The molecule has 0 saturated carbocycles. The first-order valence-corrected chi connectivity index (χ1v) is 6.38. The highest BCUT2D eigenvalue weighted by Crippen LogP contribution is 2.16. The van der Waals surface area contributed by atoms with Crippen LogP contribution in [-0.2, 0) is 11.3 Å². The Bertz CT molecular complexity index is 690. The van der Waals surface area contributed by atoms with Gasteiger partial charge in [-0.1, -0.05) is 12.1 Å². The maximum absolute atomic E-state index is 13.2. The Balaban J connectivity index is 2.00. The van der Waals surface area contributed by atoms with Gasteiger partial charge >= 0.3 is 0 Å². The number of benzene rings is 2. The number of amides is 1. The third-order valence-electron chi connectivity index (χ3n) is 2.86. The molecular formula is C16H14FN3O. The van der Waals surface area contributed by atoms with E-state index in [1.54, 1.807) is 12.1 Å². The normalized spacial score (nSPS) is 9.76. The zero-order valence-corrected chi connectivity index (χ0v) is 11.5. The molecule has 0 aliphatic carbocycles. The van der Waals surface area contributed by atoms with Crippen LogP contribution in [-0.4, -0.2) is 5.91 Å². The maximum atomic E-state index is 13.2. The van der Waals surface area contributed by atoms with Crippen molar-refractivity contribution in [3.8, 4) is 6.07 Å². The van der Waals surface area contributed by atoms with Gasteiger partial charge in [0, 0.05) is 24.8 Å². The minimum Gasteiger partial charge on any atom is -0.381 e. The van der Waals surface area contributed by atoms with Crippen molar-refractivity contribution in [1.29, 1.82) is 5.26 Å². The Morgan fingerprint density at radius 3 is 2.48 bits per heavy atom. The molecule has 5 heteroatoms. The molecule has 0 fully saturated rings. The summed E-state index contributed by atoms with van der Waals surface area (Å²) in [5.74, 6) is -0.640. The standard InChI is InChI=1S/C16H14FN3O/c1-11(21)20-14-4-2-12(3-5-14)10-19-15-6-7-16(17)13(8-15)9-18/h2-8,19H,10H2,1H3,(H,20,21). The molecule has 0 aliphatic rings. The lowest BCUT2D eigenvalue weighted by Crippen LogP contribution is -2.06. The fourth-order valence-electron chi connectivity index (χ4n) is 1.83. The number of rotatable bonds is 4. The van der Waals surface area contributed by atoms with Gasteiger partial charge < -0.3 is 10.6 Å². The van der Waals surface area contributed by atoms with Gasteiger partial charge in [-0.2, -0.15) is 5.26 Å². The maximum Gasteiger partial charge on any atom is 0.221 e. The van der Waals surface area contributed by atoms with Crippen molar-refractivity contribution in [2.75, 3.05) is 10.6 Å². The fraction of sp³-hybridized carbons (Fsp3) is 0.125. The van der Waals surface area contributed by atoms with Crippen LogP contribution in [0.25, 0.3) is 0 Å². The van der Waals surface area contributed by atoms with Crippen LogP contribution in [0.1, 0.15) is 18.1 Å². The molecule has 2 rings (SSSR count). The highest BCUT2D eigenvalue weighted by atomic mass is 19.1. The van der Waals surface area contributed by atoms with Gasteiger partial charge in [0.2, 0.25) is 5.91 Å². The van der Waals surface area contributed by atoms with Crippen LogP contribution >= 0.6 is 0 Å². The molecule has 0 radical (unpaired) electrons. The highest BCUT2D eigenvalue weighted by Gasteiger charge is 2.02. The third kappa shape index (κ3) is 4.05. The lowest BCUT2D eigenvalue weighted by atomic mass is 10.1. The Kier molecular flexibility index (Phi) is 4.52. The molecule has 4 nitrogen and oxygen atoms in total. The van der Waals surface area contributed by atoms with Crippen LogP contribution < -0.4 is 10.6 Å². The van der Waals surface area contributed by atoms with Gasteiger partial charge in [-0.25, -0.2) is 4.39 Å². The van der Waals surface area contributed by atoms with Crippen molar-refractivity contribution >= 4 is 17.3 Å². The Morgan fingerprint density at radius 1 is 1.19 bits per heavy atom. The number of anilines is 2. The Labute approximate surface area is 122 Å². The zero-order chi connectivity index (χ0) is 15.2. The van der Waals surface area contributed by atoms with Crippen LogP contribution in [0.5, 0.6) is 0 Å². The second kappa shape index (κ2) is 6.53. The minimum absolute atomic E-state index is 0.0148. The second-order valence-corrected chi connectivity index (χ2v) is 4.54. The summed E-state index contributed by atoms with van der Waals surface area (Å²) in [5, 5.41) is 14.6. The number of halogens is 1. The number of hydrogen-bond donors (Lipinski definition) is 2. The lowest BCUT2D eigenvalue weighted by Gasteiger charge is -2.08. The Morgan fingerprint density at radius 2 is 1.86 bits per heavy atom. The van der Waals surface area contributed by atoms with E-state index >= 15 is 0 Å². The summed E-state index contributed by atoms with van der Waals surface area (Å²) >= 11 is 0. The van der Waals surface area contributed by atoms with Crippen molar-refractivity contribution < 1.29 is 9.18 Å². The molecule has 1 amide bonds. The van der Waals surface area contributed by atoms with Crippen LogP contribution in [0.3, 0.4) is 0 Å². The van der Waals surface area contributed by atoms with Crippen molar-refractivity contribution in [1.82, 2.24) is 0 Å². The monoisotopic (exact) mass is 283 g/mol. The lowest BCUT2D eigenvalue weighted by molar-refractivity contribution is -0.114. The molecule has 2 aromatic carbocycles. The van der Waals surface area contributed by atoms with Crippen molar-refractivity contribution in [3.05, 3.63) is 59.4 Å². The fourth-order valence-corrected chi connectivity index (χ4v) is 1.83. The molecule has 2 aromatic rings. The third-order valence-corrected chi connectivity index (χ3v) is 2.86. The summed E-state index contributed by atoms with van der Waals surface area (Å²) in [6.07, 6.45) is 0. The van der Waals surface area contributed by atoms with Crippen molar-refractivity contribution in [3.63, 3.8) is 0 Å². The smallest absolute Gasteiger partial charge is 0.221 e. The van der Waals surface area contributed by atoms with Crippen LogP contribution in [0.15, 0.2) is 42.5 Å². The molecule has 0 spiro atoms. The summed E-state index contributed by atoms with van der Waals surface area (Å²) in [6, 6.07) is 13.5. The highest BCUT2D eigenvalue weighted by molar-refractivity contribution is 5.88. The molecule has 0 unspecified atom stereocenters. The largest absolute Gasteiger partial charge is 0.381 e. The van der Waals surface area contributed by atoms with Gasteiger partial charge in [0.25, 0.3) is 0 Å². The van der Waals surface area contributed by atoms with Crippen LogP contribution in [0.2, 0.25) is 0 Å². The van der Waals surface area contributed by atoms with Gasteiger partial charge in [-0.15, -0.1) is 0 Å². The average molecular weight is 283 g/mol. The van der Waals surface area contributed by atoms with E-state index in [4.69, 9.17) is 5.26 Å². The quantitative estimate of drug-likeness (QED) is 0.905. The van der Waals surface area contributed by atoms with Gasteiger partial charge in [-0.05, 0) is 35.9 Å². The van der Waals surface area contributed by atoms with E-state index in [2.05, 4.69) is 10.6 Å². The number of carbonyl (C=O) groups is 1. The van der Waals surface area contributed by atoms with E-state index in [9.17, 15) is 9.18 Å². The number of nitrogens with one attached hydrogen (secondary N) is 2. The number of nitrogens with zero attached hydrogens (tertiary/aromatic N) is 1. The molecule has 21 heavy (non-hydrogen) atoms. The summed E-state index contributed by atoms with van der Waals surface area (Å²) < 4.78 is 13.2. The second-order valence-electron chi connectivity index (χ2n) is 4.54. The SMILES string of the molecule is CC(=O)Nc1ccc(CNc2ccc(F)c(C#N)c2)cc1. The first kappa shape index (κ1) is 14.5. The minimum atomic E-state index is -0.525. The molecule has 0 aliphatic heterocycles. The van der Waals surface area contributed by atoms with E-state index in [0.717, 1.165) is 11.3 Å². The predicted octanol–water partition coefficient (Wildman–Crippen LogP) is 3.27. The predicted molar refractivity (Wildman–Crippen MR) is 79.2 cm³/mol. The first-order chi connectivity index (χ1) is 10.1. The summed E-state index contributed by atoms with van der Waals surface area (Å²) in [7, 11) is 0. The van der Waals surface area contributed by atoms with Gasteiger partial charge in [-0.3, -0.25) is 4.79 Å². The Hall–Kier alpha value is -2.87. The molecular weight excluding hydrogens is 269 g/mol. The van der Waals surface area contributed by atoms with E-state index in [-0.39, 0.29) is 11.5 Å². The van der Waals surface area contributed by atoms with Crippen LogP contribution in [0, 0.1) is 17.1 Å².